The molecular formula is C22H16F2N4O. The number of nitrogens with zero attached hydrogens (tertiary/aromatic N) is 3. The van der Waals surface area contributed by atoms with Gasteiger partial charge in [0.1, 0.15) is 11.6 Å². The van der Waals surface area contributed by atoms with Gasteiger partial charge in [-0.05, 0) is 41.8 Å². The second-order valence-corrected chi connectivity index (χ2v) is 6.63. The number of benzene rings is 2. The van der Waals surface area contributed by atoms with Crippen LogP contribution in [0, 0.1) is 23.0 Å². The average Bonchev–Trinajstić information content (AvgIpc) is 2.73. The van der Waals surface area contributed by atoms with E-state index in [4.69, 9.17) is 5.26 Å². The van der Waals surface area contributed by atoms with E-state index < -0.39 is 11.6 Å². The number of carbonyl (C=O) groups excluding carboxylic acids is 1. The number of rotatable bonds is 3. The van der Waals surface area contributed by atoms with E-state index in [0.717, 1.165) is 11.6 Å². The van der Waals surface area contributed by atoms with Gasteiger partial charge in [-0.15, -0.1) is 0 Å². The second-order valence-electron chi connectivity index (χ2n) is 6.63. The van der Waals surface area contributed by atoms with Gasteiger partial charge in [-0.1, -0.05) is 19.1 Å². The highest BCUT2D eigenvalue weighted by atomic mass is 19.1. The number of ketones is 1. The highest BCUT2D eigenvalue weighted by Crippen LogP contribution is 2.33. The summed E-state index contributed by atoms with van der Waals surface area (Å²) in [6.45, 7) is 2.18. The Morgan fingerprint density at radius 2 is 1.97 bits per heavy atom. The molecule has 0 aromatic heterocycles. The summed E-state index contributed by atoms with van der Waals surface area (Å²) in [4.78, 5) is 17.1. The van der Waals surface area contributed by atoms with E-state index >= 15 is 0 Å². The SMILES string of the molecule is CCC1=C(c2ccc(F)cc2F)N2NC(c3ccc(C#N)cc3)=CC(=O)C2=NC1. The van der Waals surface area contributed by atoms with Crippen LogP contribution in [0.15, 0.2) is 59.1 Å². The number of hydrazine groups is 1. The van der Waals surface area contributed by atoms with Crippen LogP contribution in [0.1, 0.15) is 30.0 Å². The molecule has 2 aliphatic rings. The molecule has 0 atom stereocenters. The van der Waals surface area contributed by atoms with Gasteiger partial charge in [0.2, 0.25) is 5.78 Å². The number of hydrogen-bond donors (Lipinski definition) is 1. The van der Waals surface area contributed by atoms with E-state index in [1.165, 1.54) is 23.2 Å². The molecule has 0 bridgehead atoms. The van der Waals surface area contributed by atoms with Crippen LogP contribution in [0.3, 0.4) is 0 Å². The Labute approximate surface area is 166 Å². The van der Waals surface area contributed by atoms with Gasteiger partial charge in [0.05, 0.1) is 29.6 Å². The molecule has 0 spiro atoms. The lowest BCUT2D eigenvalue weighted by molar-refractivity contribution is -0.109. The number of halogens is 2. The number of aliphatic imine (C=N–C) groups is 1. The third-order valence-corrected chi connectivity index (χ3v) is 4.86. The van der Waals surface area contributed by atoms with Gasteiger partial charge in [0, 0.05) is 17.7 Å². The Hall–Kier alpha value is -3.79. The molecule has 0 fully saturated rings. The Kier molecular flexibility index (Phi) is 4.69. The molecule has 4 rings (SSSR count). The first-order valence-electron chi connectivity index (χ1n) is 9.07. The predicted octanol–water partition coefficient (Wildman–Crippen LogP) is 3.80. The normalized spacial score (nSPS) is 15.9. The summed E-state index contributed by atoms with van der Waals surface area (Å²) in [6, 6.07) is 12.2. The van der Waals surface area contributed by atoms with Crippen molar-refractivity contribution in [2.45, 2.75) is 13.3 Å². The fraction of sp³-hybridized carbons (Fsp3) is 0.136. The van der Waals surface area contributed by atoms with Crippen molar-refractivity contribution >= 4 is 23.0 Å². The molecule has 2 aromatic carbocycles. The number of amidine groups is 1. The summed E-state index contributed by atoms with van der Waals surface area (Å²) in [5, 5.41) is 10.4. The van der Waals surface area contributed by atoms with Crippen molar-refractivity contribution in [3.8, 4) is 6.07 Å². The van der Waals surface area contributed by atoms with Gasteiger partial charge in [-0.25, -0.2) is 13.8 Å². The number of nitrogens with one attached hydrogen (secondary N) is 1. The zero-order chi connectivity index (χ0) is 20.5. The monoisotopic (exact) mass is 390 g/mol. The van der Waals surface area contributed by atoms with Gasteiger partial charge < -0.3 is 0 Å². The maximum absolute atomic E-state index is 14.6. The number of carbonyl (C=O) groups is 1. The molecule has 0 saturated heterocycles. The molecule has 2 aromatic rings. The molecule has 0 saturated carbocycles. The quantitative estimate of drug-likeness (QED) is 0.866. The number of hydrogen-bond acceptors (Lipinski definition) is 5. The Morgan fingerprint density at radius 3 is 2.62 bits per heavy atom. The maximum Gasteiger partial charge on any atom is 0.224 e. The first kappa shape index (κ1) is 18.6. The van der Waals surface area contributed by atoms with Crippen LogP contribution >= 0.6 is 0 Å². The lowest BCUT2D eigenvalue weighted by Crippen LogP contribution is -2.49. The summed E-state index contributed by atoms with van der Waals surface area (Å²) < 4.78 is 28.0. The van der Waals surface area contributed by atoms with Crippen molar-refractivity contribution in [2.24, 2.45) is 4.99 Å². The minimum atomic E-state index is -0.712. The summed E-state index contributed by atoms with van der Waals surface area (Å²) in [7, 11) is 0. The zero-order valence-corrected chi connectivity index (χ0v) is 15.5. The van der Waals surface area contributed by atoms with E-state index in [1.807, 2.05) is 13.0 Å². The van der Waals surface area contributed by atoms with Crippen molar-refractivity contribution in [3.05, 3.63) is 82.4 Å². The molecule has 2 heterocycles. The molecule has 1 N–H and O–H groups in total. The maximum atomic E-state index is 14.6. The summed E-state index contributed by atoms with van der Waals surface area (Å²) in [6.07, 6.45) is 2.01. The third-order valence-electron chi connectivity index (χ3n) is 4.86. The molecule has 144 valence electrons. The molecule has 5 nitrogen and oxygen atoms in total. The molecule has 0 aliphatic carbocycles. The van der Waals surface area contributed by atoms with Crippen molar-refractivity contribution in [3.63, 3.8) is 0 Å². The van der Waals surface area contributed by atoms with Crippen molar-refractivity contribution in [1.29, 1.82) is 5.26 Å². The summed E-state index contributed by atoms with van der Waals surface area (Å²) in [5.74, 6) is -1.55. The number of fused-ring (bicyclic) bond motifs is 1. The summed E-state index contributed by atoms with van der Waals surface area (Å²) >= 11 is 0. The molecule has 7 heteroatoms. The Balaban J connectivity index is 1.79. The molecule has 0 amide bonds. The van der Waals surface area contributed by atoms with Crippen LogP contribution in [-0.2, 0) is 4.79 Å². The molecular weight excluding hydrogens is 374 g/mol. The van der Waals surface area contributed by atoms with Gasteiger partial charge in [-0.3, -0.25) is 15.2 Å². The first-order valence-corrected chi connectivity index (χ1v) is 9.07. The van der Waals surface area contributed by atoms with Crippen LogP contribution in [0.5, 0.6) is 0 Å². The molecule has 29 heavy (non-hydrogen) atoms. The third kappa shape index (κ3) is 3.29. The fourth-order valence-corrected chi connectivity index (χ4v) is 3.37. The lowest BCUT2D eigenvalue weighted by Gasteiger charge is -2.37. The van der Waals surface area contributed by atoms with E-state index in [2.05, 4.69) is 10.4 Å². The predicted molar refractivity (Wildman–Crippen MR) is 105 cm³/mol. The van der Waals surface area contributed by atoms with E-state index in [0.29, 0.717) is 28.9 Å². The van der Waals surface area contributed by atoms with E-state index in [9.17, 15) is 13.6 Å². The van der Waals surface area contributed by atoms with Crippen LogP contribution in [0.25, 0.3) is 11.4 Å². The van der Waals surface area contributed by atoms with E-state index in [1.54, 1.807) is 24.3 Å². The second kappa shape index (κ2) is 7.32. The van der Waals surface area contributed by atoms with Crippen LogP contribution in [-0.4, -0.2) is 23.2 Å². The summed E-state index contributed by atoms with van der Waals surface area (Å²) in [5.41, 5.74) is 6.30. The van der Waals surface area contributed by atoms with Crippen molar-refractivity contribution in [2.75, 3.05) is 6.54 Å². The zero-order valence-electron chi connectivity index (χ0n) is 15.5. The minimum absolute atomic E-state index is 0.151. The van der Waals surface area contributed by atoms with Crippen LogP contribution in [0.2, 0.25) is 0 Å². The standard InChI is InChI=1S/C22H16F2N4O/c1-2-14-12-26-22-20(29)10-19(15-5-3-13(11-25)4-6-15)27-28(22)21(14)17-8-7-16(23)9-18(17)24/h3-10,27H,2,12H2,1H3. The molecule has 0 radical (unpaired) electrons. The number of nitriles is 1. The highest BCUT2D eigenvalue weighted by Gasteiger charge is 2.33. The van der Waals surface area contributed by atoms with Gasteiger partial charge in [-0.2, -0.15) is 5.26 Å². The minimum Gasteiger partial charge on any atom is -0.292 e. The van der Waals surface area contributed by atoms with Crippen molar-refractivity contribution in [1.82, 2.24) is 10.4 Å². The van der Waals surface area contributed by atoms with Gasteiger partial charge in [0.15, 0.2) is 5.84 Å². The fourth-order valence-electron chi connectivity index (χ4n) is 3.37. The van der Waals surface area contributed by atoms with Crippen LogP contribution in [0.4, 0.5) is 8.78 Å². The first-order chi connectivity index (χ1) is 14.0. The van der Waals surface area contributed by atoms with Crippen LogP contribution < -0.4 is 5.43 Å². The molecule has 0 unspecified atom stereocenters. The Morgan fingerprint density at radius 1 is 1.21 bits per heavy atom. The average molecular weight is 390 g/mol. The Bertz CT molecular complexity index is 1140. The topological polar surface area (TPSA) is 68.5 Å². The largest absolute Gasteiger partial charge is 0.292 e. The van der Waals surface area contributed by atoms with Gasteiger partial charge in [0.25, 0.3) is 0 Å². The van der Waals surface area contributed by atoms with Gasteiger partial charge >= 0.3 is 0 Å². The molecule has 2 aliphatic heterocycles. The highest BCUT2D eigenvalue weighted by molar-refractivity contribution is 6.46. The lowest BCUT2D eigenvalue weighted by atomic mass is 9.99. The van der Waals surface area contributed by atoms with E-state index in [-0.39, 0.29) is 23.7 Å². The smallest absolute Gasteiger partial charge is 0.224 e. The van der Waals surface area contributed by atoms with Crippen molar-refractivity contribution < 1.29 is 13.6 Å².